The Hall–Kier alpha value is -2.68. The molecular weight excluding hydrogens is 234 g/mol. The third-order valence-corrected chi connectivity index (χ3v) is 3.39. The molecule has 2 aromatic heterocycles. The van der Waals surface area contributed by atoms with Crippen LogP contribution in [0.2, 0.25) is 0 Å². The number of imidazole rings is 1. The molecule has 3 nitrogen and oxygen atoms in total. The molecule has 90 valence electrons. The second kappa shape index (κ2) is 3.92. The molecule has 3 heteroatoms. The molecule has 0 bridgehead atoms. The lowest BCUT2D eigenvalue weighted by Gasteiger charge is -2.06. The lowest BCUT2D eigenvalue weighted by molar-refractivity contribution is 1.34. The Balaban J connectivity index is 2.12. The van der Waals surface area contributed by atoms with Crippen molar-refractivity contribution in [3.63, 3.8) is 0 Å². The normalized spacial score (nSPS) is 11.2. The van der Waals surface area contributed by atoms with Gasteiger partial charge in [-0.1, -0.05) is 30.3 Å². The zero-order chi connectivity index (χ0) is 12.7. The maximum Gasteiger partial charge on any atom is 0.0961 e. The molecule has 19 heavy (non-hydrogen) atoms. The van der Waals surface area contributed by atoms with Gasteiger partial charge in [0.2, 0.25) is 0 Å². The first-order chi connectivity index (χ1) is 9.43. The van der Waals surface area contributed by atoms with Crippen LogP contribution in [0, 0.1) is 0 Å². The SMILES string of the molecule is c1ccc2c(-c3cccc4[nH]cnc34)ccnc2c1. The monoisotopic (exact) mass is 245 g/mol. The first kappa shape index (κ1) is 10.3. The first-order valence-electron chi connectivity index (χ1n) is 6.20. The molecule has 0 saturated heterocycles. The minimum Gasteiger partial charge on any atom is -0.345 e. The summed E-state index contributed by atoms with van der Waals surface area (Å²) in [5.41, 5.74) is 5.37. The van der Waals surface area contributed by atoms with Crippen LogP contribution in [0.25, 0.3) is 33.1 Å². The van der Waals surface area contributed by atoms with Gasteiger partial charge in [-0.25, -0.2) is 4.98 Å². The van der Waals surface area contributed by atoms with E-state index in [0.717, 1.165) is 27.5 Å². The van der Waals surface area contributed by atoms with Crippen molar-refractivity contribution in [3.8, 4) is 11.1 Å². The average molecular weight is 245 g/mol. The summed E-state index contributed by atoms with van der Waals surface area (Å²) in [6.07, 6.45) is 3.58. The van der Waals surface area contributed by atoms with Crippen molar-refractivity contribution < 1.29 is 0 Å². The number of hydrogen-bond acceptors (Lipinski definition) is 2. The van der Waals surface area contributed by atoms with Crippen molar-refractivity contribution >= 4 is 21.9 Å². The number of nitrogens with zero attached hydrogens (tertiary/aromatic N) is 2. The largest absolute Gasteiger partial charge is 0.345 e. The number of H-pyrrole nitrogens is 1. The molecule has 0 aliphatic rings. The fourth-order valence-electron chi connectivity index (χ4n) is 2.51. The Morgan fingerprint density at radius 3 is 2.74 bits per heavy atom. The van der Waals surface area contributed by atoms with Crippen LogP contribution < -0.4 is 0 Å². The number of para-hydroxylation sites is 2. The zero-order valence-electron chi connectivity index (χ0n) is 10.2. The summed E-state index contributed by atoms with van der Waals surface area (Å²) < 4.78 is 0. The van der Waals surface area contributed by atoms with Gasteiger partial charge in [0.15, 0.2) is 0 Å². The Bertz CT molecular complexity index is 872. The van der Waals surface area contributed by atoms with Crippen LogP contribution in [0.1, 0.15) is 0 Å². The van der Waals surface area contributed by atoms with Crippen molar-refractivity contribution in [2.75, 3.05) is 0 Å². The van der Waals surface area contributed by atoms with Gasteiger partial charge in [-0.05, 0) is 23.8 Å². The third-order valence-electron chi connectivity index (χ3n) is 3.39. The fraction of sp³-hybridized carbons (Fsp3) is 0. The molecule has 0 saturated carbocycles. The number of fused-ring (bicyclic) bond motifs is 2. The molecule has 0 spiro atoms. The molecule has 0 unspecified atom stereocenters. The molecule has 0 aliphatic heterocycles. The van der Waals surface area contributed by atoms with Crippen LogP contribution in [-0.2, 0) is 0 Å². The summed E-state index contributed by atoms with van der Waals surface area (Å²) in [4.78, 5) is 12.0. The predicted molar refractivity (Wildman–Crippen MR) is 76.8 cm³/mol. The Kier molecular flexibility index (Phi) is 2.12. The van der Waals surface area contributed by atoms with E-state index in [1.807, 2.05) is 42.6 Å². The van der Waals surface area contributed by atoms with Gasteiger partial charge in [0, 0.05) is 17.1 Å². The Labute approximate surface area is 110 Å². The van der Waals surface area contributed by atoms with E-state index < -0.39 is 0 Å². The summed E-state index contributed by atoms with van der Waals surface area (Å²) in [7, 11) is 0. The van der Waals surface area contributed by atoms with E-state index in [4.69, 9.17) is 0 Å². The van der Waals surface area contributed by atoms with Gasteiger partial charge < -0.3 is 4.98 Å². The van der Waals surface area contributed by atoms with Crippen LogP contribution in [0.3, 0.4) is 0 Å². The molecule has 0 atom stereocenters. The summed E-state index contributed by atoms with van der Waals surface area (Å²) in [5.74, 6) is 0. The smallest absolute Gasteiger partial charge is 0.0961 e. The van der Waals surface area contributed by atoms with Crippen molar-refractivity contribution in [2.24, 2.45) is 0 Å². The van der Waals surface area contributed by atoms with Crippen molar-refractivity contribution in [3.05, 3.63) is 61.1 Å². The highest BCUT2D eigenvalue weighted by molar-refractivity contribution is 6.01. The van der Waals surface area contributed by atoms with E-state index in [9.17, 15) is 0 Å². The van der Waals surface area contributed by atoms with Gasteiger partial charge in [-0.3, -0.25) is 4.98 Å². The number of rotatable bonds is 1. The third kappa shape index (κ3) is 1.52. The highest BCUT2D eigenvalue weighted by atomic mass is 14.9. The number of nitrogens with one attached hydrogen (secondary N) is 1. The topological polar surface area (TPSA) is 41.6 Å². The molecule has 2 aromatic carbocycles. The summed E-state index contributed by atoms with van der Waals surface area (Å²) in [5, 5.41) is 1.15. The van der Waals surface area contributed by atoms with Gasteiger partial charge in [-0.2, -0.15) is 0 Å². The highest BCUT2D eigenvalue weighted by Gasteiger charge is 2.08. The highest BCUT2D eigenvalue weighted by Crippen LogP contribution is 2.31. The number of hydrogen-bond donors (Lipinski definition) is 1. The lowest BCUT2D eigenvalue weighted by atomic mass is 10.0. The van der Waals surface area contributed by atoms with Gasteiger partial charge in [-0.15, -0.1) is 0 Å². The van der Waals surface area contributed by atoms with Crippen LogP contribution in [-0.4, -0.2) is 15.0 Å². The first-order valence-corrected chi connectivity index (χ1v) is 6.20. The molecule has 1 N–H and O–H groups in total. The quantitative estimate of drug-likeness (QED) is 0.554. The molecule has 4 rings (SSSR count). The lowest BCUT2D eigenvalue weighted by Crippen LogP contribution is -1.85. The van der Waals surface area contributed by atoms with Crippen molar-refractivity contribution in [1.82, 2.24) is 15.0 Å². The molecule has 0 aliphatic carbocycles. The van der Waals surface area contributed by atoms with E-state index >= 15 is 0 Å². The number of aromatic nitrogens is 3. The molecule has 0 radical (unpaired) electrons. The molecule has 0 amide bonds. The van der Waals surface area contributed by atoms with E-state index in [1.165, 1.54) is 5.56 Å². The van der Waals surface area contributed by atoms with Gasteiger partial charge in [0.05, 0.1) is 22.9 Å². The van der Waals surface area contributed by atoms with Crippen LogP contribution in [0.15, 0.2) is 61.1 Å². The summed E-state index contributed by atoms with van der Waals surface area (Å²) >= 11 is 0. The number of aromatic amines is 1. The van der Waals surface area contributed by atoms with Crippen molar-refractivity contribution in [2.45, 2.75) is 0 Å². The minimum atomic E-state index is 0.999. The van der Waals surface area contributed by atoms with Crippen LogP contribution in [0.4, 0.5) is 0 Å². The second-order valence-corrected chi connectivity index (χ2v) is 4.48. The van der Waals surface area contributed by atoms with Gasteiger partial charge in [0.25, 0.3) is 0 Å². The summed E-state index contributed by atoms with van der Waals surface area (Å²) in [6.45, 7) is 0. The molecule has 2 heterocycles. The molecular formula is C16H11N3. The Morgan fingerprint density at radius 1 is 0.789 bits per heavy atom. The second-order valence-electron chi connectivity index (χ2n) is 4.48. The standard InChI is InChI=1S/C16H11N3/c1-2-6-14-12(4-1)11(8-9-17-14)13-5-3-7-15-16(13)19-10-18-15/h1-10H,(H,18,19). The molecule has 0 fully saturated rings. The maximum absolute atomic E-state index is 4.43. The zero-order valence-corrected chi connectivity index (χ0v) is 10.2. The van der Waals surface area contributed by atoms with Gasteiger partial charge in [0.1, 0.15) is 0 Å². The fourth-order valence-corrected chi connectivity index (χ4v) is 2.51. The number of benzene rings is 2. The minimum absolute atomic E-state index is 0.999. The average Bonchev–Trinajstić information content (AvgIpc) is 2.95. The van der Waals surface area contributed by atoms with E-state index in [0.29, 0.717) is 0 Å². The van der Waals surface area contributed by atoms with Crippen LogP contribution in [0.5, 0.6) is 0 Å². The Morgan fingerprint density at radius 2 is 1.74 bits per heavy atom. The summed E-state index contributed by atoms with van der Waals surface area (Å²) in [6, 6.07) is 16.4. The van der Waals surface area contributed by atoms with Crippen molar-refractivity contribution in [1.29, 1.82) is 0 Å². The predicted octanol–water partition coefficient (Wildman–Crippen LogP) is 3.78. The molecule has 4 aromatic rings. The van der Waals surface area contributed by atoms with Crippen LogP contribution >= 0.6 is 0 Å². The van der Waals surface area contributed by atoms with Gasteiger partial charge >= 0.3 is 0 Å². The van der Waals surface area contributed by atoms with E-state index in [1.54, 1.807) is 6.33 Å². The van der Waals surface area contributed by atoms with E-state index in [-0.39, 0.29) is 0 Å². The van der Waals surface area contributed by atoms with E-state index in [2.05, 4.69) is 27.1 Å². The maximum atomic E-state index is 4.43. The number of pyridine rings is 1.